The lowest BCUT2D eigenvalue weighted by Gasteiger charge is -2.36. The van der Waals surface area contributed by atoms with Crippen molar-refractivity contribution < 1.29 is 8.78 Å². The monoisotopic (exact) mass is 396 g/mol. The predicted molar refractivity (Wildman–Crippen MR) is 94.7 cm³/mol. The van der Waals surface area contributed by atoms with Crippen molar-refractivity contribution in [3.8, 4) is 0 Å². The molecule has 3 aromatic heterocycles. The molecule has 142 valence electrons. The molecule has 3 aromatic rings. The average Bonchev–Trinajstić information content (AvgIpc) is 3.13. The number of hydrogen-bond donors (Lipinski definition) is 0. The Morgan fingerprint density at radius 2 is 1.89 bits per heavy atom. The predicted octanol–water partition coefficient (Wildman–Crippen LogP) is 0.926. The zero-order chi connectivity index (χ0) is 19.0. The molecular weight excluding hydrogens is 382 g/mol. The summed E-state index contributed by atoms with van der Waals surface area (Å²) in [6.07, 6.45) is 0.231. The number of piperazine rings is 1. The summed E-state index contributed by atoms with van der Waals surface area (Å²) < 4.78 is 27.3. The second-order valence-corrected chi connectivity index (χ2v) is 6.40. The van der Waals surface area contributed by atoms with Crippen LogP contribution in [0, 0.1) is 0 Å². The molecule has 0 radical (unpaired) electrons. The first kappa shape index (κ1) is 17.6. The minimum Gasteiger partial charge on any atom is -0.365 e. The molecule has 9 nitrogen and oxygen atoms in total. The van der Waals surface area contributed by atoms with Gasteiger partial charge in [-0.2, -0.15) is 9.61 Å². The van der Waals surface area contributed by atoms with E-state index in [1.807, 2.05) is 17.0 Å². The van der Waals surface area contributed by atoms with E-state index in [0.717, 1.165) is 5.82 Å². The van der Waals surface area contributed by atoms with Gasteiger partial charge in [0.25, 0.3) is 12.0 Å². The number of hydrogen-bond acceptors (Lipinski definition) is 7. The highest BCUT2D eigenvalue weighted by atomic mass is 35.5. The topological polar surface area (TPSA) is 84.5 Å². The van der Waals surface area contributed by atoms with Gasteiger partial charge in [-0.15, -0.1) is 15.3 Å². The van der Waals surface area contributed by atoms with Gasteiger partial charge in [0.05, 0.1) is 11.9 Å². The van der Waals surface area contributed by atoms with E-state index in [-0.39, 0.29) is 5.02 Å². The van der Waals surface area contributed by atoms with Gasteiger partial charge in [-0.3, -0.25) is 4.79 Å². The molecule has 0 aliphatic carbocycles. The summed E-state index contributed by atoms with van der Waals surface area (Å²) in [6, 6.07) is 3.71. The molecule has 1 aliphatic rings. The van der Waals surface area contributed by atoms with E-state index >= 15 is 0 Å². The second-order valence-electron chi connectivity index (χ2n) is 6.02. The van der Waals surface area contributed by atoms with Crippen LogP contribution in [-0.4, -0.2) is 62.2 Å². The molecule has 0 N–H and O–H groups in total. The van der Waals surface area contributed by atoms with Gasteiger partial charge in [0.15, 0.2) is 5.65 Å². The first-order valence-corrected chi connectivity index (χ1v) is 8.61. The van der Waals surface area contributed by atoms with E-state index in [2.05, 4.69) is 25.3 Å². The molecule has 0 unspecified atom stereocenters. The number of nitrogens with zero attached hydrogens (tertiary/aromatic N) is 8. The van der Waals surface area contributed by atoms with Crippen LogP contribution in [0.4, 0.5) is 20.3 Å². The molecular formula is C15H15ClF2N8O. The maximum Gasteiger partial charge on any atom is 0.287 e. The van der Waals surface area contributed by atoms with Gasteiger partial charge >= 0.3 is 0 Å². The van der Waals surface area contributed by atoms with E-state index in [4.69, 9.17) is 11.6 Å². The molecule has 0 bridgehead atoms. The lowest BCUT2D eigenvalue weighted by Crippen LogP contribution is -2.47. The smallest absolute Gasteiger partial charge is 0.287 e. The van der Waals surface area contributed by atoms with Crippen molar-refractivity contribution in [3.63, 3.8) is 0 Å². The van der Waals surface area contributed by atoms with Gasteiger partial charge in [-0.1, -0.05) is 11.6 Å². The summed E-state index contributed by atoms with van der Waals surface area (Å²) in [5.74, 6) is 0.790. The average molecular weight is 397 g/mol. The molecule has 0 saturated carbocycles. The Kier molecular flexibility index (Phi) is 4.60. The minimum atomic E-state index is -2.67. The molecule has 0 amide bonds. The highest BCUT2D eigenvalue weighted by molar-refractivity contribution is 6.33. The van der Waals surface area contributed by atoms with Crippen molar-refractivity contribution in [2.75, 3.05) is 36.0 Å². The summed E-state index contributed by atoms with van der Waals surface area (Å²) in [4.78, 5) is 16.1. The maximum absolute atomic E-state index is 12.5. The highest BCUT2D eigenvalue weighted by Crippen LogP contribution is 2.23. The first-order chi connectivity index (χ1) is 13.0. The van der Waals surface area contributed by atoms with Crippen LogP contribution in [-0.2, 0) is 6.54 Å². The fourth-order valence-electron chi connectivity index (χ4n) is 3.00. The van der Waals surface area contributed by atoms with E-state index in [9.17, 15) is 13.6 Å². The Morgan fingerprint density at radius 1 is 1.15 bits per heavy atom. The second kappa shape index (κ2) is 7.06. The van der Waals surface area contributed by atoms with Crippen molar-refractivity contribution in [3.05, 3.63) is 40.0 Å². The van der Waals surface area contributed by atoms with Crippen molar-refractivity contribution in [1.29, 1.82) is 0 Å². The van der Waals surface area contributed by atoms with Crippen LogP contribution >= 0.6 is 11.6 Å². The molecule has 0 aromatic carbocycles. The van der Waals surface area contributed by atoms with Crippen molar-refractivity contribution in [2.24, 2.45) is 0 Å². The summed E-state index contributed by atoms with van der Waals surface area (Å²) in [6.45, 7) is 1.70. The molecule has 4 heterocycles. The quantitative estimate of drug-likeness (QED) is 0.648. The number of anilines is 2. The Morgan fingerprint density at radius 3 is 2.63 bits per heavy atom. The van der Waals surface area contributed by atoms with E-state index in [0.29, 0.717) is 42.2 Å². The van der Waals surface area contributed by atoms with Gasteiger partial charge in [0.2, 0.25) is 0 Å². The number of halogens is 3. The third kappa shape index (κ3) is 3.42. The van der Waals surface area contributed by atoms with Crippen LogP contribution < -0.4 is 15.4 Å². The zero-order valence-electron chi connectivity index (χ0n) is 14.0. The van der Waals surface area contributed by atoms with Crippen LogP contribution in [0.1, 0.15) is 0 Å². The number of fused-ring (bicyclic) bond motifs is 1. The van der Waals surface area contributed by atoms with Gasteiger partial charge in [-0.25, -0.2) is 13.5 Å². The van der Waals surface area contributed by atoms with Crippen LogP contribution in [0.3, 0.4) is 0 Å². The van der Waals surface area contributed by atoms with Crippen LogP contribution in [0.5, 0.6) is 0 Å². The molecule has 1 saturated heterocycles. The Hall–Kier alpha value is -2.82. The standard InChI is InChI=1S/C15H15ClF2N8O/c16-14-10(7-20-25(15(14)27)8-11(17)18)23-3-5-24(6-4-23)13-2-1-12-21-19-9-26(12)22-13/h1-2,7,9,11H,3-6,8H2. The van der Waals surface area contributed by atoms with Crippen molar-refractivity contribution in [2.45, 2.75) is 13.0 Å². The molecule has 27 heavy (non-hydrogen) atoms. The minimum absolute atomic E-state index is 0.0943. The summed E-state index contributed by atoms with van der Waals surface area (Å²) >= 11 is 6.12. The maximum atomic E-state index is 12.5. The molecule has 0 spiro atoms. The summed E-state index contributed by atoms with van der Waals surface area (Å²) in [5.41, 5.74) is 0.408. The normalized spacial score (nSPS) is 15.1. The third-order valence-electron chi connectivity index (χ3n) is 4.37. The van der Waals surface area contributed by atoms with Crippen molar-refractivity contribution in [1.82, 2.24) is 29.6 Å². The van der Waals surface area contributed by atoms with E-state index < -0.39 is 18.5 Å². The van der Waals surface area contributed by atoms with Crippen LogP contribution in [0.25, 0.3) is 5.65 Å². The number of rotatable bonds is 4. The fraction of sp³-hybridized carbons (Fsp3) is 0.400. The van der Waals surface area contributed by atoms with E-state index in [1.54, 1.807) is 4.52 Å². The van der Waals surface area contributed by atoms with Gasteiger partial charge in [-0.05, 0) is 12.1 Å². The SMILES string of the molecule is O=c1c(Cl)c(N2CCN(c3ccc4nncn4n3)CC2)cnn1CC(F)F. The largest absolute Gasteiger partial charge is 0.365 e. The van der Waals surface area contributed by atoms with E-state index in [1.165, 1.54) is 12.5 Å². The lowest BCUT2D eigenvalue weighted by atomic mass is 10.2. The molecule has 1 aliphatic heterocycles. The van der Waals surface area contributed by atoms with Crippen LogP contribution in [0.15, 0.2) is 29.5 Å². The van der Waals surface area contributed by atoms with Gasteiger partial charge in [0, 0.05) is 26.2 Å². The zero-order valence-corrected chi connectivity index (χ0v) is 14.8. The summed E-state index contributed by atoms with van der Waals surface area (Å²) in [7, 11) is 0. The van der Waals surface area contributed by atoms with Gasteiger partial charge in [0.1, 0.15) is 23.7 Å². The number of alkyl halides is 2. The molecule has 12 heteroatoms. The third-order valence-corrected chi connectivity index (χ3v) is 4.72. The van der Waals surface area contributed by atoms with Crippen molar-refractivity contribution >= 4 is 28.8 Å². The summed E-state index contributed by atoms with van der Waals surface area (Å²) in [5, 5.41) is 15.9. The Bertz CT molecular complexity index is 1010. The Labute approximate surface area is 156 Å². The Balaban J connectivity index is 1.49. The lowest BCUT2D eigenvalue weighted by molar-refractivity contribution is 0.119. The highest BCUT2D eigenvalue weighted by Gasteiger charge is 2.23. The molecule has 1 fully saturated rings. The van der Waals surface area contributed by atoms with Crippen LogP contribution in [0.2, 0.25) is 5.02 Å². The molecule has 0 atom stereocenters. The fourth-order valence-corrected chi connectivity index (χ4v) is 3.27. The van der Waals surface area contributed by atoms with Gasteiger partial charge < -0.3 is 9.80 Å². The first-order valence-electron chi connectivity index (χ1n) is 8.23. The number of aromatic nitrogens is 6. The molecule has 4 rings (SSSR count).